The van der Waals surface area contributed by atoms with E-state index < -0.39 is 11.6 Å². The minimum atomic E-state index is -0.545. The molecule has 0 bridgehead atoms. The summed E-state index contributed by atoms with van der Waals surface area (Å²) in [5.41, 5.74) is -0.545. The van der Waals surface area contributed by atoms with Gasteiger partial charge in [-0.3, -0.25) is 9.59 Å². The van der Waals surface area contributed by atoms with Crippen molar-refractivity contribution in [3.8, 4) is 11.5 Å². The van der Waals surface area contributed by atoms with Crippen LogP contribution in [0.4, 0.5) is 0 Å². The Hall–Kier alpha value is -2.90. The van der Waals surface area contributed by atoms with E-state index in [0.717, 1.165) is 38.5 Å². The van der Waals surface area contributed by atoms with Crippen LogP contribution in [0.25, 0.3) is 0 Å². The molecule has 208 valence electrons. The van der Waals surface area contributed by atoms with Crippen LogP contribution in [-0.4, -0.2) is 48.1 Å². The van der Waals surface area contributed by atoms with E-state index in [0.29, 0.717) is 12.8 Å². The van der Waals surface area contributed by atoms with Crippen molar-refractivity contribution in [2.24, 2.45) is 0 Å². The molecule has 0 unspecified atom stereocenters. The number of methoxy groups -OCH3 is 2. The van der Waals surface area contributed by atoms with Gasteiger partial charge < -0.3 is 24.4 Å². The lowest BCUT2D eigenvalue weighted by Gasteiger charge is -2.19. The van der Waals surface area contributed by atoms with Crippen molar-refractivity contribution in [3.05, 3.63) is 60.7 Å². The van der Waals surface area contributed by atoms with Gasteiger partial charge in [-0.05, 0) is 77.8 Å². The molecular weight excluding hydrogens is 472 g/mol. The van der Waals surface area contributed by atoms with Crippen LogP contribution in [0.1, 0.15) is 78.6 Å². The predicted octanol–water partition coefficient (Wildman–Crippen LogP) is 6.79. The molecule has 37 heavy (non-hydrogen) atoms. The van der Waals surface area contributed by atoms with Crippen molar-refractivity contribution in [2.75, 3.05) is 14.2 Å². The van der Waals surface area contributed by atoms with E-state index in [2.05, 4.69) is 24.3 Å². The molecule has 0 aromatic heterocycles. The van der Waals surface area contributed by atoms with E-state index in [4.69, 9.17) is 24.4 Å². The number of allylic oxidation sites excluding steroid dienone is 6. The molecule has 0 aliphatic carbocycles. The minimum Gasteiger partial charge on any atom is -0.508 e. The van der Waals surface area contributed by atoms with Crippen molar-refractivity contribution < 1.29 is 34.0 Å². The van der Waals surface area contributed by atoms with Gasteiger partial charge in [0.15, 0.2) is 6.29 Å². The van der Waals surface area contributed by atoms with Gasteiger partial charge in [-0.1, -0.05) is 42.5 Å². The quantitative estimate of drug-likeness (QED) is 0.0816. The SMILES string of the molecule is COC(CCCCC=CCC=CCC=CCCC(=O)CC(=O)OC(C)(C)C)OC.Oc1cccc(O)c1. The normalized spacial score (nSPS) is 11.8. The summed E-state index contributed by atoms with van der Waals surface area (Å²) in [7, 11) is 3.34. The Morgan fingerprint density at radius 1 is 0.865 bits per heavy atom. The Kier molecular flexibility index (Phi) is 19.5. The highest BCUT2D eigenvalue weighted by Gasteiger charge is 2.18. The molecule has 1 aromatic rings. The number of benzene rings is 1. The Bertz CT molecular complexity index is 813. The van der Waals surface area contributed by atoms with Crippen LogP contribution in [-0.2, 0) is 23.8 Å². The molecule has 0 saturated heterocycles. The van der Waals surface area contributed by atoms with Crippen LogP contribution in [0.3, 0.4) is 0 Å². The summed E-state index contributed by atoms with van der Waals surface area (Å²) in [6.45, 7) is 5.38. The molecule has 0 amide bonds. The average Bonchev–Trinajstić information content (AvgIpc) is 2.80. The van der Waals surface area contributed by atoms with Gasteiger partial charge in [0, 0.05) is 26.7 Å². The van der Waals surface area contributed by atoms with Gasteiger partial charge in [0.2, 0.25) is 0 Å². The van der Waals surface area contributed by atoms with Crippen molar-refractivity contribution in [2.45, 2.75) is 90.4 Å². The summed E-state index contributed by atoms with van der Waals surface area (Å²) in [6, 6.07) is 5.85. The molecule has 7 nitrogen and oxygen atoms in total. The van der Waals surface area contributed by atoms with Gasteiger partial charge in [-0.15, -0.1) is 0 Å². The first-order valence-electron chi connectivity index (χ1n) is 12.8. The number of rotatable bonds is 16. The smallest absolute Gasteiger partial charge is 0.313 e. The second-order valence-electron chi connectivity index (χ2n) is 9.43. The van der Waals surface area contributed by atoms with Crippen LogP contribution in [0.5, 0.6) is 11.5 Å². The lowest BCUT2D eigenvalue weighted by atomic mass is 10.1. The van der Waals surface area contributed by atoms with Crippen molar-refractivity contribution in [3.63, 3.8) is 0 Å². The van der Waals surface area contributed by atoms with E-state index in [-0.39, 0.29) is 30.0 Å². The fourth-order valence-electron chi connectivity index (χ4n) is 3.05. The zero-order valence-electron chi connectivity index (χ0n) is 23.2. The van der Waals surface area contributed by atoms with E-state index in [1.165, 1.54) is 18.2 Å². The van der Waals surface area contributed by atoms with Gasteiger partial charge in [-0.25, -0.2) is 0 Å². The van der Waals surface area contributed by atoms with Gasteiger partial charge in [0.1, 0.15) is 29.3 Å². The van der Waals surface area contributed by atoms with Crippen molar-refractivity contribution in [1.29, 1.82) is 0 Å². The molecular formula is C30H46O7. The molecule has 7 heteroatoms. The zero-order valence-corrected chi connectivity index (χ0v) is 23.2. The van der Waals surface area contributed by atoms with Gasteiger partial charge in [0.05, 0.1) is 0 Å². The molecule has 0 heterocycles. The first kappa shape index (κ1) is 34.1. The number of phenolic OH excluding ortho intramolecular Hbond substituents is 2. The third-order valence-electron chi connectivity index (χ3n) is 4.81. The summed E-state index contributed by atoms with van der Waals surface area (Å²) in [5, 5.41) is 17.3. The molecule has 2 N–H and O–H groups in total. The topological polar surface area (TPSA) is 102 Å². The number of ether oxygens (including phenoxy) is 3. The van der Waals surface area contributed by atoms with Crippen molar-refractivity contribution in [1.82, 2.24) is 0 Å². The number of carbonyl (C=O) groups excluding carboxylic acids is 2. The Morgan fingerprint density at radius 2 is 1.41 bits per heavy atom. The standard InChI is InChI=1S/C24H40O5.C6H6O2/c1-24(2,3)29-22(26)20-21(25)18-16-14-12-10-8-6-7-9-11-13-15-17-19-23(27-4)28-5;7-5-2-1-3-6(8)4-5/h6,8-9,11-12,14,23H,7,10,13,15-20H2,1-5H3;1-4,7-8H. The number of unbranched alkanes of at least 4 members (excludes halogenated alkanes) is 2. The highest BCUT2D eigenvalue weighted by atomic mass is 16.7. The summed E-state index contributed by atoms with van der Waals surface area (Å²) >= 11 is 0. The van der Waals surface area contributed by atoms with Crippen LogP contribution < -0.4 is 0 Å². The van der Waals surface area contributed by atoms with Crippen LogP contribution >= 0.6 is 0 Å². The number of Topliss-reactive ketones (excluding diaryl/α,β-unsaturated/α-hetero) is 1. The Balaban J connectivity index is 0.00000136. The molecule has 0 fully saturated rings. The molecule has 0 radical (unpaired) electrons. The summed E-state index contributed by atoms with van der Waals surface area (Å²) in [4.78, 5) is 23.3. The zero-order chi connectivity index (χ0) is 27.9. The minimum absolute atomic E-state index is 0.0791. The Morgan fingerprint density at radius 3 is 1.89 bits per heavy atom. The molecule has 1 aromatic carbocycles. The largest absolute Gasteiger partial charge is 0.508 e. The van der Waals surface area contributed by atoms with E-state index in [9.17, 15) is 9.59 Å². The molecule has 0 aliphatic heterocycles. The fraction of sp³-hybridized carbons (Fsp3) is 0.533. The summed E-state index contributed by atoms with van der Waals surface area (Å²) < 4.78 is 15.5. The number of carbonyl (C=O) groups is 2. The second-order valence-corrected chi connectivity index (χ2v) is 9.43. The summed E-state index contributed by atoms with van der Waals surface area (Å²) in [6.07, 6.45) is 19.5. The van der Waals surface area contributed by atoms with Gasteiger partial charge in [0.25, 0.3) is 0 Å². The van der Waals surface area contributed by atoms with Crippen LogP contribution in [0.15, 0.2) is 60.7 Å². The number of aromatic hydroxyl groups is 2. The number of phenols is 2. The van der Waals surface area contributed by atoms with Crippen molar-refractivity contribution >= 4 is 11.8 Å². The maximum Gasteiger partial charge on any atom is 0.313 e. The molecule has 0 spiro atoms. The highest BCUT2D eigenvalue weighted by Crippen LogP contribution is 2.15. The monoisotopic (exact) mass is 518 g/mol. The van der Waals surface area contributed by atoms with Crippen LogP contribution in [0, 0.1) is 0 Å². The van der Waals surface area contributed by atoms with E-state index >= 15 is 0 Å². The third-order valence-corrected chi connectivity index (χ3v) is 4.81. The Labute approximate surface area is 222 Å². The van der Waals surface area contributed by atoms with E-state index in [1.807, 2.05) is 12.2 Å². The maximum atomic E-state index is 11.7. The number of hydrogen-bond donors (Lipinski definition) is 2. The number of esters is 1. The third kappa shape index (κ3) is 23.3. The lowest BCUT2D eigenvalue weighted by Crippen LogP contribution is -2.25. The lowest BCUT2D eigenvalue weighted by molar-refractivity contribution is -0.156. The molecule has 0 atom stereocenters. The maximum absolute atomic E-state index is 11.7. The molecule has 1 rings (SSSR count). The number of ketones is 1. The summed E-state index contributed by atoms with van der Waals surface area (Å²) in [5.74, 6) is -0.351. The molecule has 0 saturated carbocycles. The van der Waals surface area contributed by atoms with E-state index in [1.54, 1.807) is 41.1 Å². The highest BCUT2D eigenvalue weighted by molar-refractivity contribution is 5.95. The first-order valence-corrected chi connectivity index (χ1v) is 12.8. The fourth-order valence-corrected chi connectivity index (χ4v) is 3.05. The second kappa shape index (κ2) is 21.2. The number of hydrogen-bond acceptors (Lipinski definition) is 7. The van der Waals surface area contributed by atoms with Gasteiger partial charge in [-0.2, -0.15) is 0 Å². The van der Waals surface area contributed by atoms with Gasteiger partial charge >= 0.3 is 5.97 Å². The first-order chi connectivity index (χ1) is 17.6. The molecule has 0 aliphatic rings. The van der Waals surface area contributed by atoms with Crippen LogP contribution in [0.2, 0.25) is 0 Å². The average molecular weight is 519 g/mol. The predicted molar refractivity (Wildman–Crippen MR) is 147 cm³/mol.